The first-order valence-electron chi connectivity index (χ1n) is 10.1. The lowest BCUT2D eigenvalue weighted by Gasteiger charge is -2.40. The van der Waals surface area contributed by atoms with Crippen LogP contribution in [-0.4, -0.2) is 40.8 Å². The van der Waals surface area contributed by atoms with Gasteiger partial charge >= 0.3 is 5.97 Å². The second-order valence-corrected chi connectivity index (χ2v) is 8.23. The number of aromatic nitrogens is 1. The van der Waals surface area contributed by atoms with Crippen molar-refractivity contribution in [3.05, 3.63) is 70.9 Å². The summed E-state index contributed by atoms with van der Waals surface area (Å²) in [6, 6.07) is 15.0. The third-order valence-corrected chi connectivity index (χ3v) is 6.15. The number of nitrogens with one attached hydrogen (secondary N) is 1. The van der Waals surface area contributed by atoms with Gasteiger partial charge in [-0.05, 0) is 28.7 Å². The summed E-state index contributed by atoms with van der Waals surface area (Å²) < 4.78 is 5.07. The number of ether oxygens (including phenoxy) is 1. The Balaban J connectivity index is 1.94. The first kappa shape index (κ1) is 20.5. The van der Waals surface area contributed by atoms with Crippen LogP contribution >= 0.6 is 11.6 Å². The van der Waals surface area contributed by atoms with Gasteiger partial charge in [-0.2, -0.15) is 0 Å². The largest absolute Gasteiger partial charge is 0.467 e. The van der Waals surface area contributed by atoms with Crippen molar-refractivity contribution >= 4 is 34.4 Å². The monoisotopic (exact) mass is 424 g/mol. The molecule has 2 aromatic carbocycles. The van der Waals surface area contributed by atoms with Gasteiger partial charge in [0, 0.05) is 23.0 Å². The number of hydrogen-bond acceptors (Lipinski definition) is 3. The van der Waals surface area contributed by atoms with Crippen molar-refractivity contribution in [1.29, 1.82) is 0 Å². The average molecular weight is 425 g/mol. The van der Waals surface area contributed by atoms with E-state index in [1.165, 1.54) is 12.7 Å². The zero-order valence-electron chi connectivity index (χ0n) is 17.3. The quantitative estimate of drug-likeness (QED) is 0.493. The second kappa shape index (κ2) is 8.15. The highest BCUT2D eigenvalue weighted by Gasteiger charge is 2.43. The SMILES string of the molecule is COC(=O)C1Cc2c([nH]c3ccccc23)C(c2ccc(C(C)C)cc2)N1C(=O)CCl. The molecule has 1 N–H and O–H groups in total. The fourth-order valence-electron chi connectivity index (χ4n) is 4.40. The van der Waals surface area contributed by atoms with Crippen LogP contribution in [0.25, 0.3) is 10.9 Å². The first-order valence-corrected chi connectivity index (χ1v) is 10.6. The van der Waals surface area contributed by atoms with Gasteiger partial charge in [-0.25, -0.2) is 4.79 Å². The summed E-state index contributed by atoms with van der Waals surface area (Å²) in [5, 5.41) is 1.06. The summed E-state index contributed by atoms with van der Waals surface area (Å²) in [5.41, 5.74) is 5.09. The number of nitrogens with zero attached hydrogens (tertiary/aromatic N) is 1. The summed E-state index contributed by atoms with van der Waals surface area (Å²) in [4.78, 5) is 30.8. The lowest BCUT2D eigenvalue weighted by molar-refractivity contribution is -0.154. The van der Waals surface area contributed by atoms with Gasteiger partial charge in [-0.15, -0.1) is 11.6 Å². The van der Waals surface area contributed by atoms with Crippen LogP contribution in [0.2, 0.25) is 0 Å². The number of aromatic amines is 1. The maximum atomic E-state index is 13.0. The van der Waals surface area contributed by atoms with E-state index in [1.807, 2.05) is 36.4 Å². The van der Waals surface area contributed by atoms with Crippen molar-refractivity contribution in [2.45, 2.75) is 38.3 Å². The number of rotatable bonds is 4. The molecule has 1 aliphatic heterocycles. The van der Waals surface area contributed by atoms with Gasteiger partial charge in [-0.1, -0.05) is 56.3 Å². The van der Waals surface area contributed by atoms with E-state index in [9.17, 15) is 9.59 Å². The van der Waals surface area contributed by atoms with E-state index in [1.54, 1.807) is 4.90 Å². The van der Waals surface area contributed by atoms with Crippen LogP contribution in [0.15, 0.2) is 48.5 Å². The number of H-pyrrole nitrogens is 1. The Labute approximate surface area is 181 Å². The molecule has 4 rings (SSSR count). The second-order valence-electron chi connectivity index (χ2n) is 7.96. The van der Waals surface area contributed by atoms with Crippen LogP contribution in [0.3, 0.4) is 0 Å². The van der Waals surface area contributed by atoms with Crippen LogP contribution in [0, 0.1) is 0 Å². The normalized spacial score (nSPS) is 18.5. The summed E-state index contributed by atoms with van der Waals surface area (Å²) >= 11 is 5.97. The predicted molar refractivity (Wildman–Crippen MR) is 118 cm³/mol. The van der Waals surface area contributed by atoms with E-state index in [2.05, 4.69) is 31.0 Å². The topological polar surface area (TPSA) is 62.4 Å². The number of fused-ring (bicyclic) bond motifs is 3. The number of carbonyl (C=O) groups is 2. The molecular formula is C24H25ClN2O3. The molecule has 1 aromatic heterocycles. The maximum absolute atomic E-state index is 13.0. The van der Waals surface area contributed by atoms with Crippen LogP contribution < -0.4 is 0 Å². The molecule has 0 saturated heterocycles. The minimum Gasteiger partial charge on any atom is -0.467 e. The highest BCUT2D eigenvalue weighted by molar-refractivity contribution is 6.27. The zero-order valence-corrected chi connectivity index (χ0v) is 18.1. The van der Waals surface area contributed by atoms with E-state index in [-0.39, 0.29) is 11.8 Å². The number of alkyl halides is 1. The summed E-state index contributed by atoms with van der Waals surface area (Å²) in [6.45, 7) is 4.28. The van der Waals surface area contributed by atoms with Crippen molar-refractivity contribution < 1.29 is 14.3 Å². The van der Waals surface area contributed by atoms with Crippen molar-refractivity contribution in [3.63, 3.8) is 0 Å². The van der Waals surface area contributed by atoms with Crippen LogP contribution in [-0.2, 0) is 20.7 Å². The molecule has 0 spiro atoms. The average Bonchev–Trinajstić information content (AvgIpc) is 3.15. The molecule has 0 fully saturated rings. The number of hydrogen-bond donors (Lipinski definition) is 1. The van der Waals surface area contributed by atoms with Gasteiger partial charge in [0.25, 0.3) is 0 Å². The number of methoxy groups -OCH3 is 1. The molecule has 5 nitrogen and oxygen atoms in total. The minimum absolute atomic E-state index is 0.205. The lowest BCUT2D eigenvalue weighted by Crippen LogP contribution is -2.52. The van der Waals surface area contributed by atoms with E-state index in [0.29, 0.717) is 12.3 Å². The third kappa shape index (κ3) is 3.37. The molecule has 2 heterocycles. The molecule has 1 aliphatic rings. The number of para-hydroxylation sites is 1. The number of halogens is 1. The molecule has 156 valence electrons. The van der Waals surface area contributed by atoms with Crippen molar-refractivity contribution in [3.8, 4) is 0 Å². The molecule has 30 heavy (non-hydrogen) atoms. The number of benzene rings is 2. The van der Waals surface area contributed by atoms with Gasteiger partial charge in [0.1, 0.15) is 11.9 Å². The minimum atomic E-state index is -0.734. The zero-order chi connectivity index (χ0) is 21.4. The Kier molecular flexibility index (Phi) is 5.56. The highest BCUT2D eigenvalue weighted by Crippen LogP contribution is 2.41. The number of esters is 1. The molecule has 3 aromatic rings. The van der Waals surface area contributed by atoms with Crippen molar-refractivity contribution in [1.82, 2.24) is 9.88 Å². The summed E-state index contributed by atoms with van der Waals surface area (Å²) in [6.07, 6.45) is 0.384. The molecule has 0 bridgehead atoms. The Bertz CT molecular complexity index is 1090. The Morgan fingerprint density at radius 3 is 2.50 bits per heavy atom. The molecule has 1 amide bonds. The molecular weight excluding hydrogens is 400 g/mol. The van der Waals surface area contributed by atoms with Crippen LogP contribution in [0.1, 0.15) is 48.2 Å². The van der Waals surface area contributed by atoms with E-state index in [4.69, 9.17) is 16.3 Å². The molecule has 0 radical (unpaired) electrons. The van der Waals surface area contributed by atoms with Crippen LogP contribution in [0.5, 0.6) is 0 Å². The predicted octanol–water partition coefficient (Wildman–Crippen LogP) is 4.55. The maximum Gasteiger partial charge on any atom is 0.328 e. The standard InChI is InChI=1S/C24H25ClN2O3/c1-14(2)15-8-10-16(11-9-15)23-22-18(17-6-4-5-7-19(17)26-22)12-20(24(29)30-3)27(23)21(28)13-25/h4-11,14,20,23,26H,12-13H2,1-3H3. The third-order valence-electron chi connectivity index (χ3n) is 5.93. The lowest BCUT2D eigenvalue weighted by atomic mass is 9.87. The Morgan fingerprint density at radius 2 is 1.87 bits per heavy atom. The molecule has 2 unspecified atom stereocenters. The highest BCUT2D eigenvalue weighted by atomic mass is 35.5. The van der Waals surface area contributed by atoms with Gasteiger partial charge < -0.3 is 14.6 Å². The molecule has 6 heteroatoms. The molecule has 2 atom stereocenters. The molecule has 0 saturated carbocycles. The summed E-state index contributed by atoms with van der Waals surface area (Å²) in [5.74, 6) is -0.538. The Hall–Kier alpha value is -2.79. The van der Waals surface area contributed by atoms with Gasteiger partial charge in [0.05, 0.1) is 13.2 Å². The molecule has 0 aliphatic carbocycles. The van der Waals surface area contributed by atoms with Crippen LogP contribution in [0.4, 0.5) is 0 Å². The first-order chi connectivity index (χ1) is 14.5. The van der Waals surface area contributed by atoms with Gasteiger partial charge in [0.15, 0.2) is 0 Å². The van der Waals surface area contributed by atoms with E-state index in [0.717, 1.165) is 27.7 Å². The van der Waals surface area contributed by atoms with Gasteiger partial charge in [-0.3, -0.25) is 4.79 Å². The van der Waals surface area contributed by atoms with Crippen molar-refractivity contribution in [2.24, 2.45) is 0 Å². The smallest absolute Gasteiger partial charge is 0.328 e. The van der Waals surface area contributed by atoms with E-state index < -0.39 is 18.1 Å². The fourth-order valence-corrected chi connectivity index (χ4v) is 4.53. The summed E-state index contributed by atoms with van der Waals surface area (Å²) in [7, 11) is 1.35. The van der Waals surface area contributed by atoms with Gasteiger partial charge in [0.2, 0.25) is 5.91 Å². The number of carbonyl (C=O) groups excluding carboxylic acids is 2. The fraction of sp³-hybridized carbons (Fsp3) is 0.333. The number of amides is 1. The van der Waals surface area contributed by atoms with E-state index >= 15 is 0 Å². The Morgan fingerprint density at radius 1 is 1.17 bits per heavy atom. The van der Waals surface area contributed by atoms with Crippen molar-refractivity contribution in [2.75, 3.05) is 13.0 Å².